The summed E-state index contributed by atoms with van der Waals surface area (Å²) in [6, 6.07) is 3.76. The third kappa shape index (κ3) is 3.71. The van der Waals surface area contributed by atoms with Gasteiger partial charge in [-0.05, 0) is 19.1 Å². The molecule has 2 aromatic rings. The second kappa shape index (κ2) is 7.66. The Morgan fingerprint density at radius 3 is 2.91 bits per heavy atom. The maximum Gasteiger partial charge on any atom is 0.231 e. The number of carbonyl (C=O) groups excluding carboxylic acids is 1. The molecule has 0 aliphatic carbocycles. The van der Waals surface area contributed by atoms with E-state index >= 15 is 0 Å². The minimum absolute atomic E-state index is 0. The Morgan fingerprint density at radius 2 is 2.30 bits per heavy atom. The first-order chi connectivity index (χ1) is 10.6. The molecular weight excluding hydrogens is 355 g/mol. The largest absolute Gasteiger partial charge is 0.336 e. The van der Waals surface area contributed by atoms with Gasteiger partial charge in [0.2, 0.25) is 5.91 Å². The monoisotopic (exact) mass is 374 g/mol. The summed E-state index contributed by atoms with van der Waals surface area (Å²) in [4.78, 5) is 20.3. The zero-order valence-electron chi connectivity index (χ0n) is 13.0. The van der Waals surface area contributed by atoms with Gasteiger partial charge in [-0.1, -0.05) is 11.6 Å². The van der Waals surface area contributed by atoms with E-state index in [1.807, 2.05) is 41.8 Å². The van der Waals surface area contributed by atoms with Crippen molar-refractivity contribution in [1.82, 2.24) is 19.8 Å². The Bertz CT molecular complexity index is 672. The quantitative estimate of drug-likeness (QED) is 0.898. The molecule has 2 aromatic heterocycles. The van der Waals surface area contributed by atoms with E-state index in [4.69, 9.17) is 11.6 Å². The molecule has 0 radical (unpaired) electrons. The predicted octanol–water partition coefficient (Wildman–Crippen LogP) is 2.83. The first-order valence-corrected chi connectivity index (χ1v) is 8.51. The van der Waals surface area contributed by atoms with Crippen molar-refractivity contribution in [2.75, 3.05) is 19.6 Å². The summed E-state index contributed by atoms with van der Waals surface area (Å²) in [5.41, 5.74) is 0. The molecule has 8 heteroatoms. The average Bonchev–Trinajstić information content (AvgIpc) is 3.14. The van der Waals surface area contributed by atoms with Crippen molar-refractivity contribution in [3.05, 3.63) is 39.6 Å². The number of piperazine rings is 1. The maximum atomic E-state index is 12.9. The number of rotatable bonds is 3. The first-order valence-electron chi connectivity index (χ1n) is 7.31. The Kier molecular flexibility index (Phi) is 6.08. The van der Waals surface area contributed by atoms with Crippen molar-refractivity contribution >= 4 is 41.3 Å². The predicted molar refractivity (Wildman–Crippen MR) is 95.5 cm³/mol. The molecule has 0 bridgehead atoms. The number of aryl methyl sites for hydroxylation is 1. The SMILES string of the molecule is CC(C(=O)N1CCNCC1c1nccn1C)c1ccc(Cl)s1.Cl. The Labute approximate surface area is 151 Å². The van der Waals surface area contributed by atoms with Gasteiger partial charge >= 0.3 is 0 Å². The van der Waals surface area contributed by atoms with Gasteiger partial charge in [0, 0.05) is 44.0 Å². The van der Waals surface area contributed by atoms with Crippen LogP contribution in [-0.4, -0.2) is 40.0 Å². The van der Waals surface area contributed by atoms with E-state index in [-0.39, 0.29) is 30.3 Å². The topological polar surface area (TPSA) is 50.2 Å². The van der Waals surface area contributed by atoms with Crippen LogP contribution in [0, 0.1) is 0 Å². The van der Waals surface area contributed by atoms with Crippen molar-refractivity contribution in [2.45, 2.75) is 18.9 Å². The number of nitrogens with zero attached hydrogens (tertiary/aromatic N) is 3. The van der Waals surface area contributed by atoms with Crippen molar-refractivity contribution in [2.24, 2.45) is 7.05 Å². The molecule has 0 aromatic carbocycles. The minimum Gasteiger partial charge on any atom is -0.336 e. The van der Waals surface area contributed by atoms with Gasteiger partial charge in [-0.15, -0.1) is 23.7 Å². The summed E-state index contributed by atoms with van der Waals surface area (Å²) in [6.45, 7) is 4.18. The molecule has 1 aliphatic rings. The average molecular weight is 375 g/mol. The van der Waals surface area contributed by atoms with Crippen LogP contribution in [0.4, 0.5) is 0 Å². The second-order valence-corrected chi connectivity index (χ2v) is 7.26. The van der Waals surface area contributed by atoms with E-state index < -0.39 is 0 Å². The first kappa shape index (κ1) is 18.3. The molecule has 1 N–H and O–H groups in total. The van der Waals surface area contributed by atoms with Gasteiger partial charge in [0.1, 0.15) is 11.9 Å². The van der Waals surface area contributed by atoms with Crippen LogP contribution in [0.15, 0.2) is 24.5 Å². The Hall–Kier alpha value is -1.08. The highest BCUT2D eigenvalue weighted by Crippen LogP contribution is 2.31. The smallest absolute Gasteiger partial charge is 0.231 e. The number of thiophene rings is 1. The molecule has 0 saturated carbocycles. The van der Waals surface area contributed by atoms with Crippen molar-refractivity contribution < 1.29 is 4.79 Å². The zero-order chi connectivity index (χ0) is 15.7. The third-order valence-corrected chi connectivity index (χ3v) is 5.49. The van der Waals surface area contributed by atoms with Gasteiger partial charge < -0.3 is 14.8 Å². The number of imidazole rings is 1. The molecule has 126 valence electrons. The lowest BCUT2D eigenvalue weighted by atomic mass is 10.1. The van der Waals surface area contributed by atoms with Crippen LogP contribution in [-0.2, 0) is 11.8 Å². The second-order valence-electron chi connectivity index (χ2n) is 5.51. The van der Waals surface area contributed by atoms with E-state index in [9.17, 15) is 4.79 Å². The fraction of sp³-hybridized carbons (Fsp3) is 0.467. The van der Waals surface area contributed by atoms with Gasteiger partial charge in [-0.2, -0.15) is 0 Å². The van der Waals surface area contributed by atoms with Crippen LogP contribution >= 0.6 is 35.3 Å². The number of nitrogens with one attached hydrogen (secondary N) is 1. The van der Waals surface area contributed by atoms with E-state index in [0.717, 1.165) is 28.1 Å². The number of amides is 1. The fourth-order valence-electron chi connectivity index (χ4n) is 2.83. The Balaban J connectivity index is 0.00000192. The molecule has 1 aliphatic heterocycles. The summed E-state index contributed by atoms with van der Waals surface area (Å²) in [6.07, 6.45) is 3.68. The fourth-order valence-corrected chi connectivity index (χ4v) is 3.93. The van der Waals surface area contributed by atoms with Gasteiger partial charge in [0.25, 0.3) is 0 Å². The molecule has 3 heterocycles. The lowest BCUT2D eigenvalue weighted by Gasteiger charge is -2.37. The number of hydrogen-bond acceptors (Lipinski definition) is 4. The summed E-state index contributed by atoms with van der Waals surface area (Å²) in [5, 5.41) is 3.35. The standard InChI is InChI=1S/C15H19ClN4OS.ClH/c1-10(12-3-4-13(16)22-12)15(21)20-8-5-17-9-11(20)14-18-6-7-19(14)2;/h3-4,6-7,10-11,17H,5,8-9H2,1-2H3;1H. The van der Waals surface area contributed by atoms with Crippen molar-refractivity contribution in [3.63, 3.8) is 0 Å². The highest BCUT2D eigenvalue weighted by molar-refractivity contribution is 7.16. The van der Waals surface area contributed by atoms with Crippen LogP contribution in [0.3, 0.4) is 0 Å². The third-order valence-electron chi connectivity index (χ3n) is 4.07. The number of halogens is 2. The van der Waals surface area contributed by atoms with Crippen LogP contribution < -0.4 is 5.32 Å². The van der Waals surface area contributed by atoms with Gasteiger partial charge in [0.05, 0.1) is 10.3 Å². The van der Waals surface area contributed by atoms with Crippen molar-refractivity contribution in [3.8, 4) is 0 Å². The van der Waals surface area contributed by atoms with Gasteiger partial charge in [-0.3, -0.25) is 4.79 Å². The lowest BCUT2D eigenvalue weighted by molar-refractivity contribution is -0.136. The summed E-state index contributed by atoms with van der Waals surface area (Å²) >= 11 is 7.47. The number of carbonyl (C=O) groups is 1. The number of hydrogen-bond donors (Lipinski definition) is 1. The molecule has 5 nitrogen and oxygen atoms in total. The summed E-state index contributed by atoms with van der Waals surface area (Å²) < 4.78 is 2.69. The van der Waals surface area contributed by atoms with E-state index in [2.05, 4.69) is 10.3 Å². The van der Waals surface area contributed by atoms with E-state index in [1.54, 1.807) is 6.20 Å². The highest BCUT2D eigenvalue weighted by atomic mass is 35.5. The van der Waals surface area contributed by atoms with Gasteiger partial charge in [-0.25, -0.2) is 4.98 Å². The molecule has 1 saturated heterocycles. The molecule has 2 atom stereocenters. The van der Waals surface area contributed by atoms with Crippen LogP contribution in [0.25, 0.3) is 0 Å². The molecule has 23 heavy (non-hydrogen) atoms. The molecule has 1 fully saturated rings. The Morgan fingerprint density at radius 1 is 1.52 bits per heavy atom. The van der Waals surface area contributed by atoms with Gasteiger partial charge in [0.15, 0.2) is 0 Å². The highest BCUT2D eigenvalue weighted by Gasteiger charge is 2.33. The van der Waals surface area contributed by atoms with E-state index in [1.165, 1.54) is 11.3 Å². The molecule has 0 spiro atoms. The zero-order valence-corrected chi connectivity index (χ0v) is 15.4. The van der Waals surface area contributed by atoms with Crippen molar-refractivity contribution in [1.29, 1.82) is 0 Å². The lowest BCUT2D eigenvalue weighted by Crippen LogP contribution is -2.50. The van der Waals surface area contributed by atoms with Crippen LogP contribution in [0.1, 0.15) is 29.6 Å². The molecule has 3 rings (SSSR count). The maximum absolute atomic E-state index is 12.9. The number of aromatic nitrogens is 2. The summed E-state index contributed by atoms with van der Waals surface area (Å²) in [7, 11) is 1.96. The minimum atomic E-state index is -0.182. The van der Waals surface area contributed by atoms with Crippen LogP contribution in [0.2, 0.25) is 4.34 Å². The van der Waals surface area contributed by atoms with E-state index in [0.29, 0.717) is 6.54 Å². The molecule has 2 unspecified atom stereocenters. The summed E-state index contributed by atoms with van der Waals surface area (Å²) in [5.74, 6) is 0.864. The molecular formula is C15H20Cl2N4OS. The molecule has 1 amide bonds. The normalized spacial score (nSPS) is 19.3. The van der Waals surface area contributed by atoms with Crippen LogP contribution in [0.5, 0.6) is 0 Å².